The summed E-state index contributed by atoms with van der Waals surface area (Å²) in [5.41, 5.74) is 0.929. The number of nitrogens with zero attached hydrogens (tertiary/aromatic N) is 1. The fourth-order valence-electron chi connectivity index (χ4n) is 1.83. The molecule has 0 saturated carbocycles. The Bertz CT molecular complexity index is 700. The van der Waals surface area contributed by atoms with Crippen LogP contribution in [-0.2, 0) is 6.42 Å². The zero-order valence-electron chi connectivity index (χ0n) is 11.2. The van der Waals surface area contributed by atoms with Crippen LogP contribution in [0.1, 0.15) is 22.8 Å². The summed E-state index contributed by atoms with van der Waals surface area (Å²) in [6, 6.07) is 9.24. The minimum Gasteiger partial charge on any atom is -0.449 e. The van der Waals surface area contributed by atoms with E-state index in [9.17, 15) is 14.9 Å². The van der Waals surface area contributed by atoms with Crippen molar-refractivity contribution in [1.82, 2.24) is 0 Å². The number of hydrogen-bond acceptors (Lipinski definition) is 4. The zero-order chi connectivity index (χ0) is 15.4. The van der Waals surface area contributed by atoms with E-state index in [1.165, 1.54) is 24.3 Å². The zero-order valence-corrected chi connectivity index (χ0v) is 12.0. The van der Waals surface area contributed by atoms with Crippen molar-refractivity contribution >= 4 is 23.6 Å². The van der Waals surface area contributed by atoms with Crippen molar-refractivity contribution < 1.29 is 14.5 Å². The SMILES string of the molecule is CCc1ccc(Oc2ccc(Cl)cc2C=O)c([N+](=O)[O-])c1. The summed E-state index contributed by atoms with van der Waals surface area (Å²) in [5, 5.41) is 11.5. The van der Waals surface area contributed by atoms with Gasteiger partial charge in [-0.25, -0.2) is 0 Å². The van der Waals surface area contributed by atoms with Crippen LogP contribution in [0, 0.1) is 10.1 Å². The first-order chi connectivity index (χ1) is 10.0. The van der Waals surface area contributed by atoms with Crippen molar-refractivity contribution in [3.63, 3.8) is 0 Å². The summed E-state index contributed by atoms with van der Waals surface area (Å²) < 4.78 is 5.52. The Hall–Kier alpha value is -2.40. The second kappa shape index (κ2) is 6.37. The summed E-state index contributed by atoms with van der Waals surface area (Å²) in [6.45, 7) is 1.91. The summed E-state index contributed by atoms with van der Waals surface area (Å²) in [4.78, 5) is 21.6. The number of rotatable bonds is 5. The van der Waals surface area contributed by atoms with Crippen LogP contribution in [0.15, 0.2) is 36.4 Å². The van der Waals surface area contributed by atoms with Crippen LogP contribution in [0.2, 0.25) is 5.02 Å². The van der Waals surface area contributed by atoms with E-state index in [0.717, 1.165) is 5.56 Å². The highest BCUT2D eigenvalue weighted by atomic mass is 35.5. The average Bonchev–Trinajstić information content (AvgIpc) is 2.49. The Morgan fingerprint density at radius 2 is 1.95 bits per heavy atom. The van der Waals surface area contributed by atoms with E-state index in [0.29, 0.717) is 17.7 Å². The van der Waals surface area contributed by atoms with Crippen molar-refractivity contribution in [2.24, 2.45) is 0 Å². The molecule has 0 saturated heterocycles. The minimum absolute atomic E-state index is 0.0858. The van der Waals surface area contributed by atoms with Gasteiger partial charge in [-0.1, -0.05) is 24.6 Å². The van der Waals surface area contributed by atoms with Gasteiger partial charge in [0.05, 0.1) is 10.5 Å². The molecule has 0 aliphatic rings. The smallest absolute Gasteiger partial charge is 0.311 e. The van der Waals surface area contributed by atoms with E-state index in [4.69, 9.17) is 16.3 Å². The van der Waals surface area contributed by atoms with Gasteiger partial charge in [-0.2, -0.15) is 0 Å². The molecule has 0 spiro atoms. The second-order valence-electron chi connectivity index (χ2n) is 4.31. The third-order valence-electron chi connectivity index (χ3n) is 2.95. The molecule has 0 atom stereocenters. The Morgan fingerprint density at radius 3 is 2.57 bits per heavy atom. The first kappa shape index (κ1) is 15.0. The molecule has 0 unspecified atom stereocenters. The highest BCUT2D eigenvalue weighted by Gasteiger charge is 2.17. The topological polar surface area (TPSA) is 69.4 Å². The van der Waals surface area contributed by atoms with Crippen molar-refractivity contribution in [3.8, 4) is 11.5 Å². The van der Waals surface area contributed by atoms with Gasteiger partial charge in [0.25, 0.3) is 0 Å². The van der Waals surface area contributed by atoms with E-state index in [1.807, 2.05) is 6.92 Å². The maximum Gasteiger partial charge on any atom is 0.311 e. The van der Waals surface area contributed by atoms with Crippen LogP contribution < -0.4 is 4.74 Å². The largest absolute Gasteiger partial charge is 0.449 e. The summed E-state index contributed by atoms with van der Waals surface area (Å²) in [6.07, 6.45) is 1.27. The molecule has 6 heteroatoms. The van der Waals surface area contributed by atoms with Gasteiger partial charge in [-0.15, -0.1) is 0 Å². The summed E-state index contributed by atoms with van der Waals surface area (Å²) >= 11 is 5.80. The first-order valence-corrected chi connectivity index (χ1v) is 6.63. The number of aryl methyl sites for hydroxylation is 1. The molecule has 0 N–H and O–H groups in total. The molecule has 2 aromatic rings. The van der Waals surface area contributed by atoms with Gasteiger partial charge in [0.15, 0.2) is 6.29 Å². The number of nitro groups is 1. The molecule has 0 amide bonds. The summed E-state index contributed by atoms with van der Waals surface area (Å²) in [7, 11) is 0. The maximum absolute atomic E-state index is 11.1. The van der Waals surface area contributed by atoms with Crippen LogP contribution in [0.3, 0.4) is 0 Å². The van der Waals surface area contributed by atoms with Crippen molar-refractivity contribution in [1.29, 1.82) is 0 Å². The quantitative estimate of drug-likeness (QED) is 0.466. The van der Waals surface area contributed by atoms with Crippen LogP contribution >= 0.6 is 11.6 Å². The van der Waals surface area contributed by atoms with Crippen LogP contribution in [0.25, 0.3) is 0 Å². The van der Waals surface area contributed by atoms with Crippen molar-refractivity contribution in [2.75, 3.05) is 0 Å². The van der Waals surface area contributed by atoms with E-state index < -0.39 is 4.92 Å². The van der Waals surface area contributed by atoms with Crippen molar-refractivity contribution in [3.05, 3.63) is 62.7 Å². The molecule has 2 rings (SSSR count). The normalized spacial score (nSPS) is 10.2. The Kier molecular flexibility index (Phi) is 4.55. The number of benzene rings is 2. The molecule has 0 aliphatic heterocycles. The number of carbonyl (C=O) groups excluding carboxylic acids is 1. The molecule has 0 heterocycles. The lowest BCUT2D eigenvalue weighted by molar-refractivity contribution is -0.385. The molecular weight excluding hydrogens is 294 g/mol. The maximum atomic E-state index is 11.1. The minimum atomic E-state index is -0.509. The fourth-order valence-corrected chi connectivity index (χ4v) is 2.02. The molecule has 0 radical (unpaired) electrons. The van der Waals surface area contributed by atoms with Gasteiger partial charge in [-0.05, 0) is 36.2 Å². The van der Waals surface area contributed by atoms with Crippen LogP contribution in [0.4, 0.5) is 5.69 Å². The molecule has 5 nitrogen and oxygen atoms in total. The standard InChI is InChI=1S/C15H12ClNO4/c1-2-10-3-5-15(13(7-10)17(19)20)21-14-6-4-12(16)8-11(14)9-18/h3-9H,2H2,1H3. The molecule has 0 fully saturated rings. The lowest BCUT2D eigenvalue weighted by atomic mass is 10.1. The fraction of sp³-hybridized carbons (Fsp3) is 0.133. The number of ether oxygens (including phenoxy) is 1. The number of carbonyl (C=O) groups is 1. The molecule has 2 aromatic carbocycles. The second-order valence-corrected chi connectivity index (χ2v) is 4.75. The monoisotopic (exact) mass is 305 g/mol. The lowest BCUT2D eigenvalue weighted by Gasteiger charge is -2.09. The van der Waals surface area contributed by atoms with Gasteiger partial charge < -0.3 is 4.74 Å². The molecule has 0 aromatic heterocycles. The van der Waals surface area contributed by atoms with Gasteiger partial charge in [0.1, 0.15) is 5.75 Å². The Balaban J connectivity index is 2.44. The highest BCUT2D eigenvalue weighted by molar-refractivity contribution is 6.30. The summed E-state index contributed by atoms with van der Waals surface area (Å²) in [5.74, 6) is 0.310. The molecular formula is C15H12ClNO4. The average molecular weight is 306 g/mol. The Labute approximate surface area is 126 Å². The van der Waals surface area contributed by atoms with Crippen molar-refractivity contribution in [2.45, 2.75) is 13.3 Å². The van der Waals surface area contributed by atoms with Gasteiger partial charge in [-0.3, -0.25) is 14.9 Å². The van der Waals surface area contributed by atoms with Crippen LogP contribution in [0.5, 0.6) is 11.5 Å². The number of halogens is 1. The lowest BCUT2D eigenvalue weighted by Crippen LogP contribution is -1.97. The third-order valence-corrected chi connectivity index (χ3v) is 3.18. The van der Waals surface area contributed by atoms with E-state index in [1.54, 1.807) is 12.1 Å². The molecule has 108 valence electrons. The number of aldehydes is 1. The first-order valence-electron chi connectivity index (χ1n) is 6.25. The number of hydrogen-bond donors (Lipinski definition) is 0. The van der Waals surface area contributed by atoms with Gasteiger partial charge in [0.2, 0.25) is 5.75 Å². The van der Waals surface area contributed by atoms with E-state index >= 15 is 0 Å². The van der Waals surface area contributed by atoms with Crippen LogP contribution in [-0.4, -0.2) is 11.2 Å². The molecule has 0 bridgehead atoms. The third kappa shape index (κ3) is 3.38. The highest BCUT2D eigenvalue weighted by Crippen LogP contribution is 2.34. The van der Waals surface area contributed by atoms with E-state index in [2.05, 4.69) is 0 Å². The molecule has 0 aliphatic carbocycles. The molecule has 21 heavy (non-hydrogen) atoms. The number of nitro benzene ring substituents is 1. The van der Waals surface area contributed by atoms with Gasteiger partial charge >= 0.3 is 5.69 Å². The van der Waals surface area contributed by atoms with E-state index in [-0.39, 0.29) is 22.7 Å². The Morgan fingerprint density at radius 1 is 1.24 bits per heavy atom. The predicted octanol–water partition coefficient (Wildman–Crippen LogP) is 4.42. The predicted molar refractivity (Wildman–Crippen MR) is 79.4 cm³/mol. The van der Waals surface area contributed by atoms with Gasteiger partial charge in [0, 0.05) is 11.1 Å².